The number of nitrogens with one attached hydrogen (secondary N) is 1. The zero-order valence-corrected chi connectivity index (χ0v) is 21.1. The average molecular weight is 467 g/mol. The van der Waals surface area contributed by atoms with Crippen molar-refractivity contribution in [2.24, 2.45) is 0 Å². The molecule has 0 aliphatic carbocycles. The van der Waals surface area contributed by atoms with E-state index >= 15 is 0 Å². The number of pyridine rings is 1. The van der Waals surface area contributed by atoms with E-state index in [1.807, 2.05) is 18.3 Å². The Morgan fingerprint density at radius 1 is 0.853 bits per heavy atom. The van der Waals surface area contributed by atoms with Gasteiger partial charge in [-0.3, -0.25) is 4.98 Å². The molecule has 1 aliphatic heterocycles. The second kappa shape index (κ2) is 8.73. The Bertz CT molecular complexity index is 1370. The molecule has 34 heavy (non-hydrogen) atoms. The van der Waals surface area contributed by atoms with Crippen LogP contribution in [-0.2, 0) is 0 Å². The van der Waals surface area contributed by atoms with Gasteiger partial charge in [-0.15, -0.1) is 0 Å². The van der Waals surface area contributed by atoms with E-state index in [1.165, 1.54) is 39.3 Å². The first kappa shape index (κ1) is 22.4. The highest BCUT2D eigenvalue weighted by atomic mass is 32.1. The minimum absolute atomic E-state index is 0.0192. The minimum atomic E-state index is -0.0539. The van der Waals surface area contributed by atoms with Crippen LogP contribution in [0.25, 0.3) is 5.69 Å². The first-order valence-corrected chi connectivity index (χ1v) is 12.1. The summed E-state index contributed by atoms with van der Waals surface area (Å²) in [4.78, 5) is 6.96. The second-order valence-electron chi connectivity index (χ2n) is 9.29. The van der Waals surface area contributed by atoms with E-state index in [1.54, 1.807) is 0 Å². The van der Waals surface area contributed by atoms with Crippen molar-refractivity contribution in [2.75, 3.05) is 4.90 Å². The van der Waals surface area contributed by atoms with E-state index in [2.05, 4.69) is 104 Å². The van der Waals surface area contributed by atoms with Gasteiger partial charge in [-0.25, -0.2) is 0 Å². The third-order valence-electron chi connectivity index (χ3n) is 6.77. The molecular formula is C29H30N4S. The number of aryl methyl sites for hydroxylation is 4. The van der Waals surface area contributed by atoms with Crippen LogP contribution in [0.5, 0.6) is 0 Å². The molecule has 2 aromatic heterocycles. The highest BCUT2D eigenvalue weighted by Crippen LogP contribution is 2.44. The Labute approximate surface area is 207 Å². The number of hydrogen-bond acceptors (Lipinski definition) is 2. The molecule has 2 atom stereocenters. The van der Waals surface area contributed by atoms with E-state index in [-0.39, 0.29) is 12.1 Å². The van der Waals surface area contributed by atoms with Crippen molar-refractivity contribution in [3.05, 3.63) is 112 Å². The SMILES string of the molecule is Cc1cccc(N2C(=S)N[C@@H](c3ccccn3)[C@@H]2c2cc(C)n(-c3cc(C)ccc3C)c2C)c1. The molecule has 0 radical (unpaired) electrons. The average Bonchev–Trinajstić information content (AvgIpc) is 3.31. The molecule has 1 aliphatic rings. The molecule has 3 heterocycles. The summed E-state index contributed by atoms with van der Waals surface area (Å²) in [6.45, 7) is 10.8. The molecule has 1 fully saturated rings. The molecule has 4 aromatic rings. The molecular weight excluding hydrogens is 436 g/mol. The summed E-state index contributed by atoms with van der Waals surface area (Å²) in [5.41, 5.74) is 10.7. The van der Waals surface area contributed by atoms with Crippen LogP contribution in [0.1, 0.15) is 51.4 Å². The van der Waals surface area contributed by atoms with Crippen molar-refractivity contribution in [1.82, 2.24) is 14.9 Å². The van der Waals surface area contributed by atoms with Gasteiger partial charge in [0.1, 0.15) is 0 Å². The van der Waals surface area contributed by atoms with Crippen molar-refractivity contribution in [1.29, 1.82) is 0 Å². The van der Waals surface area contributed by atoms with Gasteiger partial charge in [0.15, 0.2) is 5.11 Å². The van der Waals surface area contributed by atoms with Crippen molar-refractivity contribution in [2.45, 2.75) is 46.7 Å². The van der Waals surface area contributed by atoms with E-state index in [4.69, 9.17) is 17.2 Å². The lowest BCUT2D eigenvalue weighted by Gasteiger charge is -2.28. The lowest BCUT2D eigenvalue weighted by atomic mass is 9.96. The summed E-state index contributed by atoms with van der Waals surface area (Å²) in [5.74, 6) is 0. The molecule has 1 N–H and O–H groups in total. The molecule has 0 unspecified atom stereocenters. The van der Waals surface area contributed by atoms with Crippen LogP contribution in [-0.4, -0.2) is 14.7 Å². The van der Waals surface area contributed by atoms with Crippen molar-refractivity contribution in [3.8, 4) is 5.69 Å². The van der Waals surface area contributed by atoms with Crippen LogP contribution >= 0.6 is 12.2 Å². The zero-order valence-electron chi connectivity index (χ0n) is 20.3. The Morgan fingerprint density at radius 3 is 2.38 bits per heavy atom. The molecule has 5 heteroatoms. The van der Waals surface area contributed by atoms with Crippen LogP contribution in [0, 0.1) is 34.6 Å². The quantitative estimate of drug-likeness (QED) is 0.344. The van der Waals surface area contributed by atoms with Crippen LogP contribution in [0.3, 0.4) is 0 Å². The maximum atomic E-state index is 5.91. The third-order valence-corrected chi connectivity index (χ3v) is 7.09. The van der Waals surface area contributed by atoms with Crippen molar-refractivity contribution >= 4 is 23.0 Å². The maximum absolute atomic E-state index is 5.91. The van der Waals surface area contributed by atoms with E-state index in [9.17, 15) is 0 Å². The monoisotopic (exact) mass is 466 g/mol. The molecule has 0 amide bonds. The van der Waals surface area contributed by atoms with Gasteiger partial charge in [0.2, 0.25) is 0 Å². The standard InChI is InChI=1S/C29H30N4S/c1-18-9-8-10-23(15-18)33-28(27(31-29(33)34)25-11-6-7-14-30-25)24-17-21(4)32(22(24)5)26-16-19(2)12-13-20(26)3/h6-17,27-28H,1-5H3,(H,31,34)/t27-,28-/m0/s1. The molecule has 2 aromatic carbocycles. The maximum Gasteiger partial charge on any atom is 0.174 e. The molecule has 4 nitrogen and oxygen atoms in total. The van der Waals surface area contributed by atoms with Gasteiger partial charge in [0.25, 0.3) is 0 Å². The van der Waals surface area contributed by atoms with Gasteiger partial charge in [0, 0.05) is 29.0 Å². The van der Waals surface area contributed by atoms with Crippen molar-refractivity contribution in [3.63, 3.8) is 0 Å². The Hall–Kier alpha value is -3.44. The van der Waals surface area contributed by atoms with Gasteiger partial charge in [-0.05, 0) is 105 Å². The topological polar surface area (TPSA) is 33.1 Å². The molecule has 0 bridgehead atoms. The highest BCUT2D eigenvalue weighted by molar-refractivity contribution is 7.80. The summed E-state index contributed by atoms with van der Waals surface area (Å²) >= 11 is 5.91. The molecule has 172 valence electrons. The van der Waals surface area contributed by atoms with Crippen LogP contribution in [0.2, 0.25) is 0 Å². The van der Waals surface area contributed by atoms with Gasteiger partial charge < -0.3 is 14.8 Å². The van der Waals surface area contributed by atoms with Gasteiger partial charge >= 0.3 is 0 Å². The Kier molecular flexibility index (Phi) is 5.74. The summed E-state index contributed by atoms with van der Waals surface area (Å²) in [6, 6.07) is 23.5. The summed E-state index contributed by atoms with van der Waals surface area (Å²) in [5, 5.41) is 4.31. The molecule has 5 rings (SSSR count). The minimum Gasteiger partial charge on any atom is -0.351 e. The fourth-order valence-corrected chi connectivity index (χ4v) is 5.49. The Balaban J connectivity index is 1.71. The number of thiocarbonyl (C=S) groups is 1. The fraction of sp³-hybridized carbons (Fsp3) is 0.241. The lowest BCUT2D eigenvalue weighted by molar-refractivity contribution is 0.565. The number of benzene rings is 2. The number of hydrogen-bond donors (Lipinski definition) is 1. The van der Waals surface area contributed by atoms with E-state index in [0.29, 0.717) is 0 Å². The normalized spacial score (nSPS) is 17.8. The van der Waals surface area contributed by atoms with Crippen LogP contribution in [0.4, 0.5) is 5.69 Å². The van der Waals surface area contributed by atoms with Gasteiger partial charge in [0.05, 0.1) is 17.8 Å². The van der Waals surface area contributed by atoms with E-state index < -0.39 is 0 Å². The number of aromatic nitrogens is 2. The number of rotatable bonds is 4. The molecule has 0 spiro atoms. The van der Waals surface area contributed by atoms with E-state index in [0.717, 1.165) is 16.5 Å². The van der Waals surface area contributed by atoms with Gasteiger partial charge in [-0.2, -0.15) is 0 Å². The first-order valence-electron chi connectivity index (χ1n) is 11.7. The second-order valence-corrected chi connectivity index (χ2v) is 9.67. The molecule has 0 saturated carbocycles. The first-order chi connectivity index (χ1) is 16.3. The predicted octanol–water partition coefficient (Wildman–Crippen LogP) is 6.59. The summed E-state index contributed by atoms with van der Waals surface area (Å²) in [6.07, 6.45) is 1.85. The smallest absolute Gasteiger partial charge is 0.174 e. The summed E-state index contributed by atoms with van der Waals surface area (Å²) in [7, 11) is 0. The lowest BCUT2D eigenvalue weighted by Crippen LogP contribution is -2.29. The van der Waals surface area contributed by atoms with Crippen LogP contribution in [0.15, 0.2) is 72.9 Å². The predicted molar refractivity (Wildman–Crippen MR) is 144 cm³/mol. The third kappa shape index (κ3) is 3.80. The Morgan fingerprint density at radius 2 is 1.65 bits per heavy atom. The summed E-state index contributed by atoms with van der Waals surface area (Å²) < 4.78 is 2.38. The highest BCUT2D eigenvalue weighted by Gasteiger charge is 2.42. The van der Waals surface area contributed by atoms with Gasteiger partial charge in [-0.1, -0.05) is 30.3 Å². The van der Waals surface area contributed by atoms with Crippen molar-refractivity contribution < 1.29 is 0 Å². The number of nitrogens with zero attached hydrogens (tertiary/aromatic N) is 3. The number of anilines is 1. The molecule has 1 saturated heterocycles. The fourth-order valence-electron chi connectivity index (χ4n) is 5.14. The van der Waals surface area contributed by atoms with Crippen LogP contribution < -0.4 is 10.2 Å². The largest absolute Gasteiger partial charge is 0.351 e. The zero-order chi connectivity index (χ0) is 24.0.